The second-order valence-corrected chi connectivity index (χ2v) is 4.87. The van der Waals surface area contributed by atoms with Crippen LogP contribution in [0.3, 0.4) is 0 Å². The van der Waals surface area contributed by atoms with E-state index in [1.54, 1.807) is 6.07 Å². The Labute approximate surface area is 99.2 Å². The van der Waals surface area contributed by atoms with Crippen LogP contribution in [0.25, 0.3) is 0 Å². The lowest BCUT2D eigenvalue weighted by Gasteiger charge is -2.14. The van der Waals surface area contributed by atoms with Gasteiger partial charge in [0.2, 0.25) is 0 Å². The third-order valence-electron chi connectivity index (χ3n) is 2.68. The summed E-state index contributed by atoms with van der Waals surface area (Å²) in [5, 5.41) is 9.03. The predicted octanol–water partition coefficient (Wildman–Crippen LogP) is 3.36. The van der Waals surface area contributed by atoms with Gasteiger partial charge in [0.25, 0.3) is 0 Å². The van der Waals surface area contributed by atoms with Gasteiger partial charge in [-0.1, -0.05) is 27.5 Å². The highest BCUT2D eigenvalue weighted by atomic mass is 79.9. The molecular formula is C10H7BrClFO2. The van der Waals surface area contributed by atoms with Crippen molar-refractivity contribution in [1.29, 1.82) is 0 Å². The maximum atomic E-state index is 13.7. The maximum absolute atomic E-state index is 13.7. The highest BCUT2D eigenvalue weighted by Crippen LogP contribution is 2.52. The van der Waals surface area contributed by atoms with Crippen LogP contribution in [0.4, 0.5) is 4.39 Å². The number of benzene rings is 1. The average molecular weight is 294 g/mol. The molecule has 0 aromatic heterocycles. The zero-order valence-electron chi connectivity index (χ0n) is 7.56. The molecule has 0 heterocycles. The fourth-order valence-corrected chi connectivity index (χ4v) is 2.50. The summed E-state index contributed by atoms with van der Waals surface area (Å²) in [4.78, 5) is 11.1. The van der Waals surface area contributed by atoms with Gasteiger partial charge in [0.15, 0.2) is 0 Å². The minimum Gasteiger partial charge on any atom is -0.481 e. The first-order valence-corrected chi connectivity index (χ1v) is 5.53. The van der Waals surface area contributed by atoms with Gasteiger partial charge in [-0.05, 0) is 25.0 Å². The molecule has 0 spiro atoms. The van der Waals surface area contributed by atoms with Crippen molar-refractivity contribution in [2.24, 2.45) is 0 Å². The van der Waals surface area contributed by atoms with Crippen LogP contribution in [0, 0.1) is 5.82 Å². The van der Waals surface area contributed by atoms with E-state index in [9.17, 15) is 9.18 Å². The number of aliphatic carboxylic acids is 1. The molecule has 2 nitrogen and oxygen atoms in total. The summed E-state index contributed by atoms with van der Waals surface area (Å²) >= 11 is 8.80. The van der Waals surface area contributed by atoms with Crippen LogP contribution < -0.4 is 0 Å². The average Bonchev–Trinajstić information content (AvgIpc) is 2.93. The van der Waals surface area contributed by atoms with Gasteiger partial charge in [0.05, 0.1) is 10.4 Å². The van der Waals surface area contributed by atoms with Gasteiger partial charge in [-0.25, -0.2) is 4.39 Å². The molecule has 1 saturated carbocycles. The molecule has 80 valence electrons. The van der Waals surface area contributed by atoms with Crippen molar-refractivity contribution in [3.63, 3.8) is 0 Å². The molecule has 1 fully saturated rings. The van der Waals surface area contributed by atoms with E-state index in [0.717, 1.165) is 0 Å². The Kier molecular flexibility index (Phi) is 2.51. The quantitative estimate of drug-likeness (QED) is 0.849. The molecule has 1 N–H and O–H groups in total. The van der Waals surface area contributed by atoms with Gasteiger partial charge in [0.1, 0.15) is 5.82 Å². The second kappa shape index (κ2) is 3.46. The molecule has 0 atom stereocenters. The van der Waals surface area contributed by atoms with E-state index in [1.807, 2.05) is 0 Å². The molecule has 0 radical (unpaired) electrons. The van der Waals surface area contributed by atoms with Gasteiger partial charge in [0, 0.05) is 10.0 Å². The molecule has 0 amide bonds. The standard InChI is InChI=1S/C10H7BrClFO2/c11-5-1-2-6(12)8(13)7(5)10(3-4-10)9(14)15/h1-2H,3-4H2,(H,14,15). The van der Waals surface area contributed by atoms with Gasteiger partial charge in [-0.2, -0.15) is 0 Å². The van der Waals surface area contributed by atoms with Crippen molar-refractivity contribution >= 4 is 33.5 Å². The number of hydrogen-bond acceptors (Lipinski definition) is 1. The molecule has 1 aromatic carbocycles. The summed E-state index contributed by atoms with van der Waals surface area (Å²) in [6, 6.07) is 2.98. The van der Waals surface area contributed by atoms with Crippen LogP contribution in [0.15, 0.2) is 16.6 Å². The van der Waals surface area contributed by atoms with Crippen molar-refractivity contribution in [2.75, 3.05) is 0 Å². The van der Waals surface area contributed by atoms with Gasteiger partial charge >= 0.3 is 5.97 Å². The second-order valence-electron chi connectivity index (χ2n) is 3.61. The third-order valence-corrected chi connectivity index (χ3v) is 3.63. The number of carboxylic acids is 1. The molecule has 1 aliphatic carbocycles. The lowest BCUT2D eigenvalue weighted by atomic mass is 9.96. The Hall–Kier alpha value is -0.610. The Morgan fingerprint density at radius 3 is 2.60 bits per heavy atom. The van der Waals surface area contributed by atoms with Crippen LogP contribution in [0.2, 0.25) is 5.02 Å². The minimum atomic E-state index is -1.08. The number of carboxylic acid groups (broad SMARTS) is 1. The molecule has 0 unspecified atom stereocenters. The number of hydrogen-bond donors (Lipinski definition) is 1. The molecule has 1 aromatic rings. The largest absolute Gasteiger partial charge is 0.481 e. The Morgan fingerprint density at radius 1 is 1.53 bits per heavy atom. The molecular weight excluding hydrogens is 286 g/mol. The summed E-state index contributed by atoms with van der Waals surface area (Å²) < 4.78 is 14.2. The van der Waals surface area contributed by atoms with Crippen LogP contribution in [0.1, 0.15) is 18.4 Å². The monoisotopic (exact) mass is 292 g/mol. The summed E-state index contributed by atoms with van der Waals surface area (Å²) in [6.45, 7) is 0. The maximum Gasteiger partial charge on any atom is 0.314 e. The normalized spacial score (nSPS) is 17.5. The molecule has 0 bridgehead atoms. The molecule has 0 saturated heterocycles. The zero-order chi connectivity index (χ0) is 11.2. The summed E-state index contributed by atoms with van der Waals surface area (Å²) in [7, 11) is 0. The zero-order valence-corrected chi connectivity index (χ0v) is 9.90. The molecule has 15 heavy (non-hydrogen) atoms. The SMILES string of the molecule is O=C(O)C1(c2c(Br)ccc(Cl)c2F)CC1. The first-order valence-electron chi connectivity index (χ1n) is 4.36. The smallest absolute Gasteiger partial charge is 0.314 e. The first kappa shape index (κ1) is 10.9. The van der Waals surface area contributed by atoms with Crippen molar-refractivity contribution in [3.05, 3.63) is 33.0 Å². The highest BCUT2D eigenvalue weighted by molar-refractivity contribution is 9.10. The van der Waals surface area contributed by atoms with Gasteiger partial charge in [-0.15, -0.1) is 0 Å². The lowest BCUT2D eigenvalue weighted by Crippen LogP contribution is -2.21. The van der Waals surface area contributed by atoms with E-state index in [-0.39, 0.29) is 10.6 Å². The Balaban J connectivity index is 2.62. The third kappa shape index (κ3) is 1.56. The number of halogens is 3. The Bertz CT molecular complexity index is 443. The van der Waals surface area contributed by atoms with Crippen LogP contribution in [0.5, 0.6) is 0 Å². The summed E-state index contributed by atoms with van der Waals surface area (Å²) in [5.41, 5.74) is -0.907. The van der Waals surface area contributed by atoms with E-state index >= 15 is 0 Å². The fraction of sp³-hybridized carbons (Fsp3) is 0.300. The minimum absolute atomic E-state index is 0.0410. The van der Waals surface area contributed by atoms with E-state index in [0.29, 0.717) is 17.3 Å². The molecule has 2 rings (SSSR count). The lowest BCUT2D eigenvalue weighted by molar-refractivity contribution is -0.140. The molecule has 5 heteroatoms. The van der Waals surface area contributed by atoms with Crippen LogP contribution in [-0.4, -0.2) is 11.1 Å². The van der Waals surface area contributed by atoms with Crippen molar-refractivity contribution in [1.82, 2.24) is 0 Å². The first-order chi connectivity index (χ1) is 6.99. The summed E-state index contributed by atoms with van der Waals surface area (Å²) in [6.07, 6.45) is 0.913. The molecule has 1 aliphatic rings. The van der Waals surface area contributed by atoms with Crippen molar-refractivity contribution < 1.29 is 14.3 Å². The summed E-state index contributed by atoms with van der Waals surface area (Å²) in [5.74, 6) is -1.63. The molecule has 0 aliphatic heterocycles. The Morgan fingerprint density at radius 2 is 2.13 bits per heavy atom. The van der Waals surface area contributed by atoms with Gasteiger partial charge in [-0.3, -0.25) is 4.79 Å². The highest BCUT2D eigenvalue weighted by Gasteiger charge is 2.54. The number of rotatable bonds is 2. The topological polar surface area (TPSA) is 37.3 Å². The van der Waals surface area contributed by atoms with Crippen molar-refractivity contribution in [2.45, 2.75) is 18.3 Å². The number of carbonyl (C=O) groups is 1. The van der Waals surface area contributed by atoms with E-state index in [1.165, 1.54) is 6.07 Å². The van der Waals surface area contributed by atoms with Gasteiger partial charge < -0.3 is 5.11 Å². The van der Waals surface area contributed by atoms with E-state index in [4.69, 9.17) is 16.7 Å². The van der Waals surface area contributed by atoms with Crippen molar-refractivity contribution in [3.8, 4) is 0 Å². The van der Waals surface area contributed by atoms with Crippen LogP contribution in [-0.2, 0) is 10.2 Å². The van der Waals surface area contributed by atoms with E-state index in [2.05, 4.69) is 15.9 Å². The van der Waals surface area contributed by atoms with Crippen LogP contribution >= 0.6 is 27.5 Å². The fourth-order valence-electron chi connectivity index (χ4n) is 1.66. The van der Waals surface area contributed by atoms with E-state index < -0.39 is 17.2 Å². The predicted molar refractivity (Wildman–Crippen MR) is 57.7 cm³/mol.